The van der Waals surface area contributed by atoms with Crippen molar-refractivity contribution in [2.24, 2.45) is 0 Å². The Bertz CT molecular complexity index is 1150. The minimum Gasteiger partial charge on any atom is -0.493 e. The fraction of sp³-hybridized carbons (Fsp3) is 0.190. The summed E-state index contributed by atoms with van der Waals surface area (Å²) in [4.78, 5) is 48.8. The first kappa shape index (κ1) is 22.9. The van der Waals surface area contributed by atoms with Crippen molar-refractivity contribution in [3.8, 4) is 11.5 Å². The Morgan fingerprint density at radius 2 is 1.97 bits per heavy atom. The van der Waals surface area contributed by atoms with Crippen LogP contribution in [0.25, 0.3) is 6.08 Å². The predicted octanol–water partition coefficient (Wildman–Crippen LogP) is 3.82. The number of imide groups is 2. The minimum absolute atomic E-state index is 0.0397. The number of ether oxygens (including phenoxy) is 2. The summed E-state index contributed by atoms with van der Waals surface area (Å²) < 4.78 is 11.6. The number of halogens is 1. The van der Waals surface area contributed by atoms with Crippen LogP contribution in [-0.4, -0.2) is 36.5 Å². The van der Waals surface area contributed by atoms with Gasteiger partial charge in [-0.1, -0.05) is 13.0 Å². The van der Waals surface area contributed by atoms with E-state index in [1.54, 1.807) is 12.1 Å². The topological polar surface area (TPSA) is 128 Å². The molecule has 1 saturated heterocycles. The average Bonchev–Trinajstić information content (AvgIpc) is 2.75. The number of rotatable bonds is 7. The SMILES string of the molecule is CCCOc1c(Br)cc(/C=C2\C(=O)NC(=O)N(c3cccc([N+](=O)[O-])c3)C2=O)cc1OC. The van der Waals surface area contributed by atoms with E-state index in [0.29, 0.717) is 33.0 Å². The molecular weight excluding hydrogens is 486 g/mol. The largest absolute Gasteiger partial charge is 0.493 e. The van der Waals surface area contributed by atoms with Crippen molar-refractivity contribution in [3.63, 3.8) is 0 Å². The molecule has 2 aromatic rings. The van der Waals surface area contributed by atoms with Crippen molar-refractivity contribution in [3.05, 3.63) is 62.1 Å². The molecule has 0 aromatic heterocycles. The molecular formula is C21H18BrN3O7. The molecule has 4 amide bonds. The monoisotopic (exact) mass is 503 g/mol. The van der Waals surface area contributed by atoms with Gasteiger partial charge in [0.15, 0.2) is 11.5 Å². The number of barbiturate groups is 1. The van der Waals surface area contributed by atoms with Crippen LogP contribution in [0.1, 0.15) is 18.9 Å². The zero-order valence-corrected chi connectivity index (χ0v) is 18.7. The Morgan fingerprint density at radius 3 is 2.62 bits per heavy atom. The van der Waals surface area contributed by atoms with Gasteiger partial charge in [0.2, 0.25) is 0 Å². The molecule has 1 heterocycles. The first-order valence-corrected chi connectivity index (χ1v) is 10.2. The predicted molar refractivity (Wildman–Crippen MR) is 119 cm³/mol. The normalized spacial score (nSPS) is 15.0. The number of amides is 4. The molecule has 3 rings (SSSR count). The van der Waals surface area contributed by atoms with Gasteiger partial charge >= 0.3 is 6.03 Å². The number of nitro benzene ring substituents is 1. The summed E-state index contributed by atoms with van der Waals surface area (Å²) in [6.07, 6.45) is 2.09. The Morgan fingerprint density at radius 1 is 1.22 bits per heavy atom. The molecule has 0 bridgehead atoms. The maximum Gasteiger partial charge on any atom is 0.335 e. The zero-order valence-electron chi connectivity index (χ0n) is 17.1. The lowest BCUT2D eigenvalue weighted by atomic mass is 10.1. The van der Waals surface area contributed by atoms with Gasteiger partial charge in [-0.3, -0.25) is 25.0 Å². The van der Waals surface area contributed by atoms with Crippen LogP contribution in [0.4, 0.5) is 16.2 Å². The molecule has 0 spiro atoms. The number of hydrogen-bond acceptors (Lipinski definition) is 7. The fourth-order valence-electron chi connectivity index (χ4n) is 2.97. The zero-order chi connectivity index (χ0) is 23.4. The highest BCUT2D eigenvalue weighted by molar-refractivity contribution is 9.10. The van der Waals surface area contributed by atoms with Crippen LogP contribution in [0.2, 0.25) is 0 Å². The van der Waals surface area contributed by atoms with Crippen molar-refractivity contribution in [1.29, 1.82) is 0 Å². The summed E-state index contributed by atoms with van der Waals surface area (Å²) in [6, 6.07) is 7.21. The highest BCUT2D eigenvalue weighted by Crippen LogP contribution is 2.37. The molecule has 2 aromatic carbocycles. The number of nitro groups is 1. The number of benzene rings is 2. The van der Waals surface area contributed by atoms with Crippen LogP contribution in [0.3, 0.4) is 0 Å². The van der Waals surface area contributed by atoms with E-state index in [0.717, 1.165) is 12.5 Å². The van der Waals surface area contributed by atoms with Crippen molar-refractivity contribution >= 4 is 51.2 Å². The van der Waals surface area contributed by atoms with Crippen molar-refractivity contribution < 1.29 is 28.8 Å². The van der Waals surface area contributed by atoms with E-state index in [2.05, 4.69) is 21.2 Å². The van der Waals surface area contributed by atoms with Crippen LogP contribution >= 0.6 is 15.9 Å². The average molecular weight is 504 g/mol. The number of anilines is 1. The third kappa shape index (κ3) is 4.62. The molecule has 0 unspecified atom stereocenters. The molecule has 0 aliphatic carbocycles. The van der Waals surface area contributed by atoms with Gasteiger partial charge in [0, 0.05) is 12.1 Å². The van der Waals surface area contributed by atoms with E-state index in [1.165, 1.54) is 31.4 Å². The van der Waals surface area contributed by atoms with E-state index in [-0.39, 0.29) is 16.9 Å². The van der Waals surface area contributed by atoms with E-state index in [9.17, 15) is 24.5 Å². The van der Waals surface area contributed by atoms with Gasteiger partial charge in [0.25, 0.3) is 17.5 Å². The maximum atomic E-state index is 13.0. The number of carbonyl (C=O) groups excluding carboxylic acids is 3. The molecule has 10 nitrogen and oxygen atoms in total. The molecule has 166 valence electrons. The van der Waals surface area contributed by atoms with E-state index < -0.39 is 22.8 Å². The number of urea groups is 1. The van der Waals surface area contributed by atoms with Crippen LogP contribution in [0.15, 0.2) is 46.4 Å². The molecule has 1 aliphatic heterocycles. The summed E-state index contributed by atoms with van der Waals surface area (Å²) >= 11 is 3.40. The van der Waals surface area contributed by atoms with E-state index in [1.807, 2.05) is 6.92 Å². The van der Waals surface area contributed by atoms with Gasteiger partial charge in [0.1, 0.15) is 5.57 Å². The summed E-state index contributed by atoms with van der Waals surface area (Å²) in [5.41, 5.74) is -0.235. The summed E-state index contributed by atoms with van der Waals surface area (Å²) in [5, 5.41) is 13.1. The Balaban J connectivity index is 2.02. The van der Waals surface area contributed by atoms with Crippen LogP contribution < -0.4 is 19.7 Å². The highest BCUT2D eigenvalue weighted by Gasteiger charge is 2.37. The molecule has 1 fully saturated rings. The second kappa shape index (κ2) is 9.60. The van der Waals surface area contributed by atoms with Gasteiger partial charge in [-0.25, -0.2) is 9.69 Å². The molecule has 1 N–H and O–H groups in total. The third-order valence-electron chi connectivity index (χ3n) is 4.41. The van der Waals surface area contributed by atoms with E-state index in [4.69, 9.17) is 9.47 Å². The fourth-order valence-corrected chi connectivity index (χ4v) is 3.55. The van der Waals surface area contributed by atoms with Gasteiger partial charge in [-0.15, -0.1) is 0 Å². The number of nitrogens with zero attached hydrogens (tertiary/aromatic N) is 2. The maximum absolute atomic E-state index is 13.0. The minimum atomic E-state index is -1.00. The lowest BCUT2D eigenvalue weighted by Gasteiger charge is -2.26. The molecule has 1 aliphatic rings. The van der Waals surface area contributed by atoms with Crippen LogP contribution in [0.5, 0.6) is 11.5 Å². The second-order valence-electron chi connectivity index (χ2n) is 6.62. The Labute approximate surface area is 191 Å². The third-order valence-corrected chi connectivity index (χ3v) is 5.00. The first-order chi connectivity index (χ1) is 15.3. The lowest BCUT2D eigenvalue weighted by molar-refractivity contribution is -0.384. The van der Waals surface area contributed by atoms with Crippen molar-refractivity contribution in [2.45, 2.75) is 13.3 Å². The Hall–Kier alpha value is -3.73. The number of methoxy groups -OCH3 is 1. The molecule has 32 heavy (non-hydrogen) atoms. The van der Waals surface area contributed by atoms with Gasteiger partial charge < -0.3 is 9.47 Å². The first-order valence-electron chi connectivity index (χ1n) is 9.43. The summed E-state index contributed by atoms with van der Waals surface area (Å²) in [7, 11) is 1.46. The quantitative estimate of drug-likeness (QED) is 0.263. The molecule has 0 saturated carbocycles. The van der Waals surface area contributed by atoms with Crippen molar-refractivity contribution in [2.75, 3.05) is 18.6 Å². The molecule has 0 radical (unpaired) electrons. The van der Waals surface area contributed by atoms with Crippen LogP contribution in [-0.2, 0) is 9.59 Å². The van der Waals surface area contributed by atoms with Gasteiger partial charge in [-0.2, -0.15) is 0 Å². The Kier molecular flexibility index (Phi) is 6.89. The van der Waals surface area contributed by atoms with E-state index >= 15 is 0 Å². The van der Waals surface area contributed by atoms with Gasteiger partial charge in [-0.05, 0) is 52.2 Å². The highest BCUT2D eigenvalue weighted by atomic mass is 79.9. The smallest absolute Gasteiger partial charge is 0.335 e. The standard InChI is InChI=1S/C21H18BrN3O7/c1-3-7-32-18-16(22)9-12(10-17(18)31-2)8-15-19(26)23-21(28)24(20(15)27)13-5-4-6-14(11-13)25(29)30/h4-6,8-11H,3,7H2,1-2H3,(H,23,26,28)/b15-8+. The van der Waals surface area contributed by atoms with Gasteiger partial charge in [0.05, 0.1) is 28.8 Å². The number of nitrogens with one attached hydrogen (secondary N) is 1. The molecule has 11 heteroatoms. The van der Waals surface area contributed by atoms with Crippen LogP contribution in [0, 0.1) is 10.1 Å². The molecule has 0 atom stereocenters. The number of hydrogen-bond donors (Lipinski definition) is 1. The number of carbonyl (C=O) groups is 3. The number of non-ortho nitro benzene ring substituents is 1. The summed E-state index contributed by atoms with van der Waals surface area (Å²) in [5.74, 6) is -0.942. The van der Waals surface area contributed by atoms with Crippen molar-refractivity contribution in [1.82, 2.24) is 5.32 Å². The summed E-state index contributed by atoms with van der Waals surface area (Å²) in [6.45, 7) is 2.43. The lowest BCUT2D eigenvalue weighted by Crippen LogP contribution is -2.54. The second-order valence-corrected chi connectivity index (χ2v) is 7.47.